The first-order chi connectivity index (χ1) is 5.88. The molecule has 0 radical (unpaired) electrons. The quantitative estimate of drug-likeness (QED) is 0.737. The molecule has 0 unspecified atom stereocenters. The van der Waals surface area contributed by atoms with Gasteiger partial charge in [0, 0.05) is 1.43 Å². The second-order valence-electron chi connectivity index (χ2n) is 2.67. The van der Waals surface area contributed by atoms with Gasteiger partial charge in [-0.3, -0.25) is 0 Å². The molecule has 0 bridgehead atoms. The molecular weight excluding hydrogens is 150 g/mol. The van der Waals surface area contributed by atoms with Gasteiger partial charge in [0.15, 0.2) is 0 Å². The maximum absolute atomic E-state index is 5.21. The summed E-state index contributed by atoms with van der Waals surface area (Å²) in [6.45, 7) is 0.986. The van der Waals surface area contributed by atoms with Crippen molar-refractivity contribution in [3.63, 3.8) is 0 Å². The highest BCUT2D eigenvalue weighted by Gasteiger charge is 1.98. The van der Waals surface area contributed by atoms with Crippen LogP contribution >= 0.6 is 0 Å². The molecule has 1 aromatic carbocycles. The lowest BCUT2D eigenvalue weighted by molar-refractivity contribution is 0.409. The highest BCUT2D eigenvalue weighted by Crippen LogP contribution is 2.16. The van der Waals surface area contributed by atoms with E-state index in [2.05, 4.69) is 11.4 Å². The summed E-state index contributed by atoms with van der Waals surface area (Å²) in [6.07, 6.45) is 1.01. The molecule has 2 heteroatoms. The van der Waals surface area contributed by atoms with Crippen molar-refractivity contribution in [1.29, 1.82) is 0 Å². The Hall–Kier alpha value is -1.02. The first-order valence-corrected chi connectivity index (χ1v) is 4.15. The number of benzene rings is 1. The Labute approximate surface area is 75.0 Å². The predicted molar refractivity (Wildman–Crippen MR) is 52.7 cm³/mol. The first-order valence-electron chi connectivity index (χ1n) is 4.15. The summed E-state index contributed by atoms with van der Waals surface area (Å²) in [5.74, 6) is 0.979. The summed E-state index contributed by atoms with van der Waals surface area (Å²) in [5, 5.41) is 3.11. The van der Waals surface area contributed by atoms with Crippen LogP contribution in [-0.2, 0) is 6.42 Å². The van der Waals surface area contributed by atoms with Gasteiger partial charge in [-0.2, -0.15) is 0 Å². The lowest BCUT2D eigenvalue weighted by Gasteiger charge is -2.06. The molecule has 2 nitrogen and oxygen atoms in total. The van der Waals surface area contributed by atoms with E-state index in [0.29, 0.717) is 0 Å². The molecule has 0 atom stereocenters. The van der Waals surface area contributed by atoms with Crippen molar-refractivity contribution in [2.24, 2.45) is 0 Å². The molecule has 0 aliphatic heterocycles. The standard InChI is InChI=1S/C10H15NO.H2/c1-11-8-7-9-5-3-4-6-10(9)12-2;/h3-6,11H,7-8H2,1-2H3;1H. The molecule has 0 fully saturated rings. The summed E-state index contributed by atoms with van der Waals surface area (Å²) in [5.41, 5.74) is 1.26. The van der Waals surface area contributed by atoms with E-state index in [1.165, 1.54) is 5.56 Å². The number of para-hydroxylation sites is 1. The zero-order valence-electron chi connectivity index (χ0n) is 7.63. The van der Waals surface area contributed by atoms with Crippen molar-refractivity contribution in [2.45, 2.75) is 6.42 Å². The number of methoxy groups -OCH3 is 1. The van der Waals surface area contributed by atoms with Crippen LogP contribution < -0.4 is 10.1 Å². The molecule has 0 amide bonds. The van der Waals surface area contributed by atoms with E-state index in [1.54, 1.807) is 7.11 Å². The Balaban J connectivity index is 0.00000144. The van der Waals surface area contributed by atoms with Crippen LogP contribution in [0, 0.1) is 0 Å². The molecule has 0 saturated heterocycles. The summed E-state index contributed by atoms with van der Waals surface area (Å²) in [4.78, 5) is 0. The summed E-state index contributed by atoms with van der Waals surface area (Å²) in [6, 6.07) is 8.11. The molecule has 0 saturated carbocycles. The van der Waals surface area contributed by atoms with Gasteiger partial charge in [-0.1, -0.05) is 18.2 Å². The molecule has 1 aromatic rings. The number of hydrogen-bond acceptors (Lipinski definition) is 2. The minimum Gasteiger partial charge on any atom is -0.496 e. The zero-order chi connectivity index (χ0) is 8.81. The van der Waals surface area contributed by atoms with E-state index in [0.717, 1.165) is 18.7 Å². The SMILES string of the molecule is CNCCc1ccccc1OC.[HH]. The predicted octanol–water partition coefficient (Wildman–Crippen LogP) is 1.70. The molecule has 0 aromatic heterocycles. The summed E-state index contributed by atoms with van der Waals surface area (Å²) < 4.78 is 5.21. The molecule has 12 heavy (non-hydrogen) atoms. The van der Waals surface area contributed by atoms with E-state index in [4.69, 9.17) is 4.74 Å². The van der Waals surface area contributed by atoms with Crippen molar-refractivity contribution in [3.05, 3.63) is 29.8 Å². The maximum Gasteiger partial charge on any atom is 0.122 e. The van der Waals surface area contributed by atoms with Crippen LogP contribution in [0.15, 0.2) is 24.3 Å². The van der Waals surface area contributed by atoms with Crippen LogP contribution in [-0.4, -0.2) is 20.7 Å². The van der Waals surface area contributed by atoms with Crippen molar-refractivity contribution in [2.75, 3.05) is 20.7 Å². The van der Waals surface area contributed by atoms with Gasteiger partial charge in [0.1, 0.15) is 5.75 Å². The zero-order valence-corrected chi connectivity index (χ0v) is 7.63. The average Bonchev–Trinajstić information content (AvgIpc) is 2.15. The van der Waals surface area contributed by atoms with Crippen LogP contribution in [0.3, 0.4) is 0 Å². The highest BCUT2D eigenvalue weighted by molar-refractivity contribution is 5.33. The van der Waals surface area contributed by atoms with Gasteiger partial charge in [-0.25, -0.2) is 0 Å². The number of ether oxygens (including phenoxy) is 1. The molecule has 0 spiro atoms. The summed E-state index contributed by atoms with van der Waals surface area (Å²) >= 11 is 0. The van der Waals surface area contributed by atoms with Crippen LogP contribution in [0.25, 0.3) is 0 Å². The molecule has 0 heterocycles. The van der Waals surface area contributed by atoms with Crippen LogP contribution in [0.1, 0.15) is 6.99 Å². The largest absolute Gasteiger partial charge is 0.496 e. The second kappa shape index (κ2) is 4.78. The normalized spacial score (nSPS) is 9.83. The fourth-order valence-corrected chi connectivity index (χ4v) is 1.17. The second-order valence-corrected chi connectivity index (χ2v) is 2.67. The van der Waals surface area contributed by atoms with Gasteiger partial charge in [0.25, 0.3) is 0 Å². The Morgan fingerprint density at radius 1 is 1.42 bits per heavy atom. The van der Waals surface area contributed by atoms with Crippen molar-refractivity contribution in [1.82, 2.24) is 5.32 Å². The third-order valence-corrected chi connectivity index (χ3v) is 1.84. The number of nitrogens with one attached hydrogen (secondary N) is 1. The molecule has 1 rings (SSSR count). The van der Waals surface area contributed by atoms with Crippen LogP contribution in [0.5, 0.6) is 5.75 Å². The third-order valence-electron chi connectivity index (χ3n) is 1.84. The van der Waals surface area contributed by atoms with E-state index < -0.39 is 0 Å². The van der Waals surface area contributed by atoms with E-state index in [-0.39, 0.29) is 1.43 Å². The Kier molecular flexibility index (Phi) is 3.61. The van der Waals surface area contributed by atoms with Gasteiger partial charge >= 0.3 is 0 Å². The number of rotatable bonds is 4. The van der Waals surface area contributed by atoms with E-state index >= 15 is 0 Å². The van der Waals surface area contributed by atoms with Gasteiger partial charge in [-0.05, 0) is 31.6 Å². The topological polar surface area (TPSA) is 21.3 Å². The minimum absolute atomic E-state index is 0. The summed E-state index contributed by atoms with van der Waals surface area (Å²) in [7, 11) is 3.66. The van der Waals surface area contributed by atoms with Gasteiger partial charge in [-0.15, -0.1) is 0 Å². The van der Waals surface area contributed by atoms with Crippen molar-refractivity contribution < 1.29 is 6.16 Å². The highest BCUT2D eigenvalue weighted by atomic mass is 16.5. The fraction of sp³-hybridized carbons (Fsp3) is 0.400. The molecule has 0 aliphatic rings. The Morgan fingerprint density at radius 3 is 2.83 bits per heavy atom. The van der Waals surface area contributed by atoms with Gasteiger partial charge in [0.2, 0.25) is 0 Å². The minimum atomic E-state index is 0. The van der Waals surface area contributed by atoms with Gasteiger partial charge in [0.05, 0.1) is 7.11 Å². The monoisotopic (exact) mass is 167 g/mol. The lowest BCUT2D eigenvalue weighted by atomic mass is 10.1. The van der Waals surface area contributed by atoms with Crippen molar-refractivity contribution >= 4 is 0 Å². The average molecular weight is 167 g/mol. The third kappa shape index (κ3) is 2.24. The van der Waals surface area contributed by atoms with Crippen LogP contribution in [0.2, 0.25) is 0 Å². The number of likely N-dealkylation sites (N-methyl/N-ethyl adjacent to an activating group) is 1. The molecule has 68 valence electrons. The Bertz CT molecular complexity index is 240. The lowest BCUT2D eigenvalue weighted by Crippen LogP contribution is -2.10. The molecule has 0 aliphatic carbocycles. The van der Waals surface area contributed by atoms with Crippen molar-refractivity contribution in [3.8, 4) is 5.75 Å². The molecular formula is C10H17NO. The van der Waals surface area contributed by atoms with E-state index in [1.807, 2.05) is 25.2 Å². The first kappa shape index (κ1) is 9.07. The van der Waals surface area contributed by atoms with Gasteiger partial charge < -0.3 is 10.1 Å². The maximum atomic E-state index is 5.21. The smallest absolute Gasteiger partial charge is 0.122 e. The van der Waals surface area contributed by atoms with E-state index in [9.17, 15) is 0 Å². The molecule has 1 N–H and O–H groups in total. The Morgan fingerprint density at radius 2 is 2.17 bits per heavy atom. The number of hydrogen-bond donors (Lipinski definition) is 1. The fourth-order valence-electron chi connectivity index (χ4n) is 1.17. The van der Waals surface area contributed by atoms with Crippen LogP contribution in [0.4, 0.5) is 0 Å².